The quantitative estimate of drug-likeness (QED) is 0.794. The molecular formula is C16H23FN2O. The molecule has 0 spiro atoms. The van der Waals surface area contributed by atoms with E-state index >= 15 is 0 Å². The predicted molar refractivity (Wildman–Crippen MR) is 79.9 cm³/mol. The van der Waals surface area contributed by atoms with Crippen LogP contribution in [0, 0.1) is 5.82 Å². The SMILES string of the molecule is CCC1CN(C)CCCN1c1ccc(C(C)=O)cc1F. The average molecular weight is 278 g/mol. The van der Waals surface area contributed by atoms with Crippen LogP contribution < -0.4 is 4.90 Å². The maximum Gasteiger partial charge on any atom is 0.159 e. The number of benzene rings is 1. The first kappa shape index (κ1) is 15.0. The number of nitrogens with zero attached hydrogens (tertiary/aromatic N) is 2. The van der Waals surface area contributed by atoms with Gasteiger partial charge in [-0.3, -0.25) is 4.79 Å². The van der Waals surface area contributed by atoms with Gasteiger partial charge in [0.1, 0.15) is 5.82 Å². The molecule has 2 rings (SSSR count). The normalized spacial score (nSPS) is 20.8. The lowest BCUT2D eigenvalue weighted by atomic mass is 10.1. The van der Waals surface area contributed by atoms with Gasteiger partial charge in [0.2, 0.25) is 0 Å². The van der Waals surface area contributed by atoms with Crippen LogP contribution in [-0.4, -0.2) is 43.4 Å². The molecule has 1 heterocycles. The third-order valence-electron chi connectivity index (χ3n) is 4.04. The molecule has 0 radical (unpaired) electrons. The van der Waals surface area contributed by atoms with Gasteiger partial charge in [0, 0.05) is 24.7 Å². The molecule has 3 nitrogen and oxygen atoms in total. The second-order valence-corrected chi connectivity index (χ2v) is 5.59. The standard InChI is InChI=1S/C16H23FN2O/c1-4-14-11-18(3)8-5-9-19(14)16-7-6-13(12(2)20)10-15(16)17/h6-7,10,14H,4-5,8-9,11H2,1-3H3. The number of Topliss-reactive ketones (excluding diaryl/α,β-unsaturated/α-hetero) is 1. The predicted octanol–water partition coefficient (Wildman–Crippen LogP) is 2.95. The third kappa shape index (κ3) is 3.18. The fourth-order valence-corrected chi connectivity index (χ4v) is 2.87. The van der Waals surface area contributed by atoms with E-state index in [-0.39, 0.29) is 11.6 Å². The molecule has 1 aromatic carbocycles. The van der Waals surface area contributed by atoms with Crippen molar-refractivity contribution in [2.24, 2.45) is 0 Å². The van der Waals surface area contributed by atoms with Gasteiger partial charge >= 0.3 is 0 Å². The Hall–Kier alpha value is -1.42. The Kier molecular flexibility index (Phi) is 4.76. The molecule has 0 amide bonds. The van der Waals surface area contributed by atoms with Gasteiger partial charge in [-0.1, -0.05) is 6.92 Å². The summed E-state index contributed by atoms with van der Waals surface area (Å²) in [7, 11) is 2.11. The number of carbonyl (C=O) groups excluding carboxylic acids is 1. The van der Waals surface area contributed by atoms with Crippen molar-refractivity contribution < 1.29 is 9.18 Å². The van der Waals surface area contributed by atoms with E-state index in [0.29, 0.717) is 17.3 Å². The maximum atomic E-state index is 14.3. The summed E-state index contributed by atoms with van der Waals surface area (Å²) in [5.41, 5.74) is 1.06. The number of hydrogen-bond acceptors (Lipinski definition) is 3. The van der Waals surface area contributed by atoms with E-state index in [1.54, 1.807) is 12.1 Å². The molecule has 1 fully saturated rings. The van der Waals surface area contributed by atoms with Gasteiger partial charge in [-0.15, -0.1) is 0 Å². The third-order valence-corrected chi connectivity index (χ3v) is 4.04. The number of rotatable bonds is 3. The summed E-state index contributed by atoms with van der Waals surface area (Å²) in [6, 6.07) is 5.15. The Labute approximate surface area is 120 Å². The largest absolute Gasteiger partial charge is 0.365 e. The molecular weight excluding hydrogens is 255 g/mol. The van der Waals surface area contributed by atoms with Crippen LogP contribution in [0.25, 0.3) is 0 Å². The van der Waals surface area contributed by atoms with E-state index in [9.17, 15) is 9.18 Å². The highest BCUT2D eigenvalue weighted by atomic mass is 19.1. The number of ketones is 1. The minimum atomic E-state index is -0.291. The highest BCUT2D eigenvalue weighted by Gasteiger charge is 2.24. The number of likely N-dealkylation sites (N-methyl/N-ethyl adjacent to an activating group) is 1. The summed E-state index contributed by atoms with van der Waals surface area (Å²) in [6.07, 6.45) is 2.01. The Bertz CT molecular complexity index is 489. The topological polar surface area (TPSA) is 23.6 Å². The molecule has 110 valence electrons. The molecule has 1 unspecified atom stereocenters. The van der Waals surface area contributed by atoms with Gasteiger partial charge in [0.05, 0.1) is 5.69 Å². The zero-order valence-corrected chi connectivity index (χ0v) is 12.5. The van der Waals surface area contributed by atoms with Crippen molar-refractivity contribution in [3.8, 4) is 0 Å². The van der Waals surface area contributed by atoms with Gasteiger partial charge in [-0.05, 0) is 51.6 Å². The minimum Gasteiger partial charge on any atom is -0.365 e. The summed E-state index contributed by atoms with van der Waals surface area (Å²) < 4.78 is 14.3. The van der Waals surface area contributed by atoms with E-state index in [2.05, 4.69) is 23.8 Å². The maximum absolute atomic E-state index is 14.3. The molecule has 20 heavy (non-hydrogen) atoms. The van der Waals surface area contributed by atoms with Crippen LogP contribution in [0.2, 0.25) is 0 Å². The monoisotopic (exact) mass is 278 g/mol. The van der Waals surface area contributed by atoms with Crippen LogP contribution in [0.4, 0.5) is 10.1 Å². The molecule has 1 aliphatic rings. The summed E-state index contributed by atoms with van der Waals surface area (Å²) in [6.45, 7) is 6.45. The van der Waals surface area contributed by atoms with Crippen molar-refractivity contribution in [2.45, 2.75) is 32.7 Å². The summed E-state index contributed by atoms with van der Waals surface area (Å²) in [5, 5.41) is 0. The Morgan fingerprint density at radius 2 is 2.15 bits per heavy atom. The van der Waals surface area contributed by atoms with Crippen LogP contribution in [-0.2, 0) is 0 Å². The fourth-order valence-electron chi connectivity index (χ4n) is 2.87. The molecule has 4 heteroatoms. The molecule has 1 aliphatic heterocycles. The van der Waals surface area contributed by atoms with Gasteiger partial charge in [-0.2, -0.15) is 0 Å². The zero-order valence-electron chi connectivity index (χ0n) is 12.5. The number of halogens is 1. The number of anilines is 1. The van der Waals surface area contributed by atoms with Crippen LogP contribution in [0.5, 0.6) is 0 Å². The van der Waals surface area contributed by atoms with E-state index in [1.165, 1.54) is 13.0 Å². The van der Waals surface area contributed by atoms with Crippen LogP contribution >= 0.6 is 0 Å². The lowest BCUT2D eigenvalue weighted by molar-refractivity contribution is 0.101. The van der Waals surface area contributed by atoms with Gasteiger partial charge in [0.15, 0.2) is 5.78 Å². The molecule has 0 saturated carbocycles. The van der Waals surface area contributed by atoms with E-state index in [1.807, 2.05) is 0 Å². The summed E-state index contributed by atoms with van der Waals surface area (Å²) >= 11 is 0. The van der Waals surface area contributed by atoms with Crippen molar-refractivity contribution in [1.82, 2.24) is 4.90 Å². The second-order valence-electron chi connectivity index (χ2n) is 5.59. The Morgan fingerprint density at radius 3 is 2.75 bits per heavy atom. The van der Waals surface area contributed by atoms with Crippen molar-refractivity contribution >= 4 is 11.5 Å². The first-order chi connectivity index (χ1) is 9.52. The van der Waals surface area contributed by atoms with Crippen LogP contribution in [0.15, 0.2) is 18.2 Å². The highest BCUT2D eigenvalue weighted by Crippen LogP contribution is 2.26. The van der Waals surface area contributed by atoms with Gasteiger partial charge < -0.3 is 9.80 Å². The van der Waals surface area contributed by atoms with Crippen molar-refractivity contribution in [3.05, 3.63) is 29.6 Å². The van der Waals surface area contributed by atoms with Gasteiger partial charge in [-0.25, -0.2) is 4.39 Å². The summed E-state index contributed by atoms with van der Waals surface area (Å²) in [5.74, 6) is -0.390. The van der Waals surface area contributed by atoms with E-state index < -0.39 is 0 Å². The molecule has 1 atom stereocenters. The molecule has 0 N–H and O–H groups in total. The number of carbonyl (C=O) groups is 1. The molecule has 1 saturated heterocycles. The zero-order chi connectivity index (χ0) is 14.7. The van der Waals surface area contributed by atoms with Crippen molar-refractivity contribution in [3.63, 3.8) is 0 Å². The van der Waals surface area contributed by atoms with E-state index in [0.717, 1.165) is 32.5 Å². The van der Waals surface area contributed by atoms with E-state index in [4.69, 9.17) is 0 Å². The highest BCUT2D eigenvalue weighted by molar-refractivity contribution is 5.94. The smallest absolute Gasteiger partial charge is 0.159 e. The molecule has 0 aliphatic carbocycles. The van der Waals surface area contributed by atoms with Crippen molar-refractivity contribution in [2.75, 3.05) is 31.6 Å². The molecule has 0 bridgehead atoms. The first-order valence-corrected chi connectivity index (χ1v) is 7.28. The minimum absolute atomic E-state index is 0.0990. The fraction of sp³-hybridized carbons (Fsp3) is 0.562. The lowest BCUT2D eigenvalue weighted by Gasteiger charge is -2.32. The Morgan fingerprint density at radius 1 is 1.40 bits per heavy atom. The van der Waals surface area contributed by atoms with Crippen LogP contribution in [0.1, 0.15) is 37.0 Å². The Balaban J connectivity index is 2.30. The number of hydrogen-bond donors (Lipinski definition) is 0. The lowest BCUT2D eigenvalue weighted by Crippen LogP contribution is -2.40. The summed E-state index contributed by atoms with van der Waals surface area (Å²) in [4.78, 5) is 15.8. The van der Waals surface area contributed by atoms with Crippen molar-refractivity contribution in [1.29, 1.82) is 0 Å². The second kappa shape index (κ2) is 6.35. The molecule has 1 aromatic rings. The molecule has 0 aromatic heterocycles. The van der Waals surface area contributed by atoms with Gasteiger partial charge in [0.25, 0.3) is 0 Å². The van der Waals surface area contributed by atoms with Crippen LogP contribution in [0.3, 0.4) is 0 Å². The average Bonchev–Trinajstić information content (AvgIpc) is 2.60. The first-order valence-electron chi connectivity index (χ1n) is 7.28.